The van der Waals surface area contributed by atoms with E-state index >= 15 is 0 Å². The number of nitrogens with zero attached hydrogens (tertiary/aromatic N) is 2. The molecule has 0 saturated heterocycles. The number of hydrogen-bond donors (Lipinski definition) is 1. The molecule has 1 heterocycles. The van der Waals surface area contributed by atoms with Crippen molar-refractivity contribution in [2.45, 2.75) is 78.2 Å². The van der Waals surface area contributed by atoms with Crippen LogP contribution in [-0.4, -0.2) is 22.7 Å². The van der Waals surface area contributed by atoms with Crippen LogP contribution in [0.3, 0.4) is 0 Å². The highest BCUT2D eigenvalue weighted by Gasteiger charge is 2.30. The van der Waals surface area contributed by atoms with Crippen LogP contribution in [0.2, 0.25) is 0 Å². The van der Waals surface area contributed by atoms with E-state index in [1.54, 1.807) is 0 Å². The first kappa shape index (κ1) is 15.5. The maximum Gasteiger partial charge on any atom is 0.228 e. The second-order valence-electron chi connectivity index (χ2n) is 7.04. The summed E-state index contributed by atoms with van der Waals surface area (Å²) in [6.45, 7) is 10.1. The molecule has 1 unspecified atom stereocenters. The molecule has 1 aromatic heterocycles. The van der Waals surface area contributed by atoms with Gasteiger partial charge in [-0.15, -0.1) is 0 Å². The first-order valence-electron chi connectivity index (χ1n) is 8.06. The molecule has 1 atom stereocenters. The van der Waals surface area contributed by atoms with E-state index in [1.165, 1.54) is 25.7 Å². The van der Waals surface area contributed by atoms with Crippen molar-refractivity contribution in [2.24, 2.45) is 5.41 Å². The molecule has 1 fully saturated rings. The van der Waals surface area contributed by atoms with Crippen molar-refractivity contribution in [1.29, 1.82) is 0 Å². The van der Waals surface area contributed by atoms with Crippen molar-refractivity contribution in [3.05, 3.63) is 11.7 Å². The molecule has 1 aliphatic rings. The van der Waals surface area contributed by atoms with Crippen molar-refractivity contribution >= 4 is 0 Å². The summed E-state index contributed by atoms with van der Waals surface area (Å²) in [6.07, 6.45) is 6.87. The number of hydrogen-bond acceptors (Lipinski definition) is 4. The van der Waals surface area contributed by atoms with Crippen LogP contribution in [-0.2, 0) is 6.42 Å². The van der Waals surface area contributed by atoms with Crippen molar-refractivity contribution in [1.82, 2.24) is 15.5 Å². The molecule has 0 aromatic carbocycles. The zero-order chi connectivity index (χ0) is 14.6. The van der Waals surface area contributed by atoms with Gasteiger partial charge < -0.3 is 9.84 Å². The van der Waals surface area contributed by atoms with Crippen molar-refractivity contribution in [3.8, 4) is 0 Å². The van der Waals surface area contributed by atoms with E-state index < -0.39 is 0 Å². The fraction of sp³-hybridized carbons (Fsp3) is 0.875. The van der Waals surface area contributed by atoms with Gasteiger partial charge in [0, 0.05) is 18.4 Å². The SMILES string of the molecule is CCCNC(C)Cc1nc(C2CCC(C)(C)CC2)no1. The van der Waals surface area contributed by atoms with Crippen LogP contribution >= 0.6 is 0 Å². The molecule has 0 aliphatic heterocycles. The quantitative estimate of drug-likeness (QED) is 0.863. The smallest absolute Gasteiger partial charge is 0.228 e. The van der Waals surface area contributed by atoms with Crippen LogP contribution in [0, 0.1) is 5.41 Å². The summed E-state index contributed by atoms with van der Waals surface area (Å²) in [4.78, 5) is 4.61. The summed E-state index contributed by atoms with van der Waals surface area (Å²) < 4.78 is 5.42. The Bertz CT molecular complexity index is 404. The highest BCUT2D eigenvalue weighted by Crippen LogP contribution is 2.41. The Labute approximate surface area is 122 Å². The van der Waals surface area contributed by atoms with Crippen LogP contribution in [0.1, 0.15) is 77.4 Å². The summed E-state index contributed by atoms with van der Waals surface area (Å²) in [7, 11) is 0. The zero-order valence-corrected chi connectivity index (χ0v) is 13.4. The third-order valence-corrected chi connectivity index (χ3v) is 4.41. The van der Waals surface area contributed by atoms with E-state index in [4.69, 9.17) is 4.52 Å². The summed E-state index contributed by atoms with van der Waals surface area (Å²) in [5.41, 5.74) is 0.488. The maximum absolute atomic E-state index is 5.42. The molecule has 0 spiro atoms. The lowest BCUT2D eigenvalue weighted by Crippen LogP contribution is -2.28. The Morgan fingerprint density at radius 2 is 2.05 bits per heavy atom. The molecule has 1 aliphatic carbocycles. The van der Waals surface area contributed by atoms with E-state index in [-0.39, 0.29) is 0 Å². The zero-order valence-electron chi connectivity index (χ0n) is 13.4. The Morgan fingerprint density at radius 1 is 1.35 bits per heavy atom. The van der Waals surface area contributed by atoms with E-state index in [2.05, 4.69) is 43.2 Å². The van der Waals surface area contributed by atoms with Gasteiger partial charge in [0.25, 0.3) is 0 Å². The lowest BCUT2D eigenvalue weighted by molar-refractivity contribution is 0.218. The highest BCUT2D eigenvalue weighted by atomic mass is 16.5. The largest absolute Gasteiger partial charge is 0.339 e. The fourth-order valence-corrected chi connectivity index (χ4v) is 2.90. The van der Waals surface area contributed by atoms with Gasteiger partial charge in [0.1, 0.15) is 0 Å². The Kier molecular flexibility index (Phi) is 5.19. The van der Waals surface area contributed by atoms with Crippen LogP contribution in [0.5, 0.6) is 0 Å². The summed E-state index contributed by atoms with van der Waals surface area (Å²) in [6, 6.07) is 0.397. The molecule has 0 radical (unpaired) electrons. The molecular weight excluding hydrogens is 250 g/mol. The molecule has 1 aromatic rings. The highest BCUT2D eigenvalue weighted by molar-refractivity contribution is 4.99. The van der Waals surface area contributed by atoms with Gasteiger partial charge in [-0.1, -0.05) is 25.9 Å². The number of nitrogens with one attached hydrogen (secondary N) is 1. The van der Waals surface area contributed by atoms with E-state index in [9.17, 15) is 0 Å². The van der Waals surface area contributed by atoms with E-state index in [0.717, 1.165) is 31.1 Å². The summed E-state index contributed by atoms with van der Waals surface area (Å²) in [5, 5.41) is 7.66. The molecule has 4 heteroatoms. The minimum absolute atomic E-state index is 0.397. The van der Waals surface area contributed by atoms with Gasteiger partial charge in [0.2, 0.25) is 5.89 Å². The Hall–Kier alpha value is -0.900. The van der Waals surface area contributed by atoms with Crippen molar-refractivity contribution < 1.29 is 4.52 Å². The average Bonchev–Trinajstić information content (AvgIpc) is 2.84. The molecule has 1 N–H and O–H groups in total. The van der Waals surface area contributed by atoms with Crippen molar-refractivity contribution in [2.75, 3.05) is 6.54 Å². The Morgan fingerprint density at radius 3 is 2.70 bits per heavy atom. The van der Waals surface area contributed by atoms with Crippen LogP contribution < -0.4 is 5.32 Å². The third-order valence-electron chi connectivity index (χ3n) is 4.41. The third kappa shape index (κ3) is 4.30. The van der Waals surface area contributed by atoms with Crippen LogP contribution in [0.15, 0.2) is 4.52 Å². The van der Waals surface area contributed by atoms with Crippen LogP contribution in [0.25, 0.3) is 0 Å². The van der Waals surface area contributed by atoms with Gasteiger partial charge in [0.05, 0.1) is 0 Å². The lowest BCUT2D eigenvalue weighted by atomic mass is 9.73. The van der Waals surface area contributed by atoms with E-state index in [1.807, 2.05) is 0 Å². The topological polar surface area (TPSA) is 51.0 Å². The Balaban J connectivity index is 1.86. The van der Waals surface area contributed by atoms with Gasteiger partial charge in [-0.2, -0.15) is 4.98 Å². The summed E-state index contributed by atoms with van der Waals surface area (Å²) >= 11 is 0. The second kappa shape index (κ2) is 6.70. The fourth-order valence-electron chi connectivity index (χ4n) is 2.90. The average molecular weight is 279 g/mol. The molecule has 2 rings (SSSR count). The predicted molar refractivity (Wildman–Crippen MR) is 80.7 cm³/mol. The molecule has 114 valence electrons. The second-order valence-corrected chi connectivity index (χ2v) is 7.04. The first-order chi connectivity index (χ1) is 9.50. The minimum Gasteiger partial charge on any atom is -0.339 e. The lowest BCUT2D eigenvalue weighted by Gasteiger charge is -2.32. The van der Waals surface area contributed by atoms with E-state index in [0.29, 0.717) is 17.4 Å². The van der Waals surface area contributed by atoms with Gasteiger partial charge in [-0.05, 0) is 51.0 Å². The first-order valence-corrected chi connectivity index (χ1v) is 8.06. The van der Waals surface area contributed by atoms with Crippen LogP contribution in [0.4, 0.5) is 0 Å². The monoisotopic (exact) mass is 279 g/mol. The number of rotatable bonds is 6. The number of aromatic nitrogens is 2. The normalized spacial score (nSPS) is 21.0. The van der Waals surface area contributed by atoms with Gasteiger partial charge >= 0.3 is 0 Å². The van der Waals surface area contributed by atoms with Gasteiger partial charge in [-0.25, -0.2) is 0 Å². The van der Waals surface area contributed by atoms with Gasteiger partial charge in [-0.3, -0.25) is 0 Å². The maximum atomic E-state index is 5.42. The molecule has 20 heavy (non-hydrogen) atoms. The molecular formula is C16H29N3O. The summed E-state index contributed by atoms with van der Waals surface area (Å²) in [5.74, 6) is 2.21. The molecule has 4 nitrogen and oxygen atoms in total. The van der Waals surface area contributed by atoms with Crippen molar-refractivity contribution in [3.63, 3.8) is 0 Å². The molecule has 0 amide bonds. The minimum atomic E-state index is 0.397. The molecule has 1 saturated carbocycles. The predicted octanol–water partition coefficient (Wildman–Crippen LogP) is 3.68. The standard InChI is InChI=1S/C16H29N3O/c1-5-10-17-12(2)11-14-18-15(19-20-14)13-6-8-16(3,4)9-7-13/h12-13,17H,5-11H2,1-4H3. The van der Waals surface area contributed by atoms with Gasteiger partial charge in [0.15, 0.2) is 5.82 Å². The molecule has 0 bridgehead atoms.